The second-order valence-corrected chi connectivity index (χ2v) is 9.58. The lowest BCUT2D eigenvalue weighted by atomic mass is 9.91. The minimum Gasteiger partial charge on any atom is -0.362 e. The van der Waals surface area contributed by atoms with E-state index in [0.29, 0.717) is 23.5 Å². The molecule has 0 spiro atoms. The number of rotatable bonds is 4. The van der Waals surface area contributed by atoms with Gasteiger partial charge in [0, 0.05) is 42.1 Å². The molecule has 9 heteroatoms. The van der Waals surface area contributed by atoms with E-state index < -0.39 is 17.8 Å². The summed E-state index contributed by atoms with van der Waals surface area (Å²) in [5.74, 6) is 1.46. The summed E-state index contributed by atoms with van der Waals surface area (Å²) in [6.07, 6.45) is -0.194. The number of hydrogen-bond acceptors (Lipinski definition) is 6. The Morgan fingerprint density at radius 3 is 2.50 bits per heavy atom. The van der Waals surface area contributed by atoms with Gasteiger partial charge in [-0.3, -0.25) is 4.90 Å². The summed E-state index contributed by atoms with van der Waals surface area (Å²) in [5.41, 5.74) is 0.948. The summed E-state index contributed by atoms with van der Waals surface area (Å²) in [7, 11) is 2.18. The number of likely N-dealkylation sites (N-methyl/N-ethyl adjacent to an activating group) is 1. The van der Waals surface area contributed by atoms with E-state index in [0.717, 1.165) is 47.9 Å². The predicted molar refractivity (Wildman–Crippen MR) is 127 cm³/mol. The molecule has 1 aromatic carbocycles. The van der Waals surface area contributed by atoms with E-state index in [1.807, 2.05) is 26.1 Å². The minimum atomic E-state index is -4.39. The third-order valence-corrected chi connectivity index (χ3v) is 7.43. The first-order chi connectivity index (χ1) is 16.1. The standard InChI is InChI=1S/C25H29F3N6/c1-14-19(6-5-7-22(14)25(26,27)28)15(2)30-24-20-10-23(29-11-21(20)16(3)31-32-24)34-13-17-8-9-18(34)12-33(17)4/h5-7,10-11,15,17-18H,8-9,12-13H2,1-4H3,(H,30,32)/t15-,17-,18-/m1/s1. The molecule has 3 aliphatic heterocycles. The zero-order valence-electron chi connectivity index (χ0n) is 19.8. The SMILES string of the molecule is Cc1c([C@@H](C)Nc2nnc(C)c3cnc(N4C[C@H]5CC[C@@H]4CN5C)cc23)cccc1C(F)(F)F. The van der Waals surface area contributed by atoms with Crippen molar-refractivity contribution in [3.63, 3.8) is 0 Å². The molecule has 0 unspecified atom stereocenters. The summed E-state index contributed by atoms with van der Waals surface area (Å²) in [6, 6.07) is 6.91. The van der Waals surface area contributed by atoms with E-state index in [9.17, 15) is 13.2 Å². The number of pyridine rings is 1. The molecule has 34 heavy (non-hydrogen) atoms. The maximum absolute atomic E-state index is 13.4. The Kier molecular flexibility index (Phi) is 5.62. The predicted octanol–water partition coefficient (Wildman–Crippen LogP) is 5.12. The van der Waals surface area contributed by atoms with Crippen LogP contribution in [0.5, 0.6) is 0 Å². The van der Waals surface area contributed by atoms with Crippen LogP contribution >= 0.6 is 0 Å². The van der Waals surface area contributed by atoms with Crippen LogP contribution in [0.4, 0.5) is 24.8 Å². The summed E-state index contributed by atoms with van der Waals surface area (Å²) >= 11 is 0. The molecule has 1 N–H and O–H groups in total. The molecule has 3 saturated heterocycles. The third-order valence-electron chi connectivity index (χ3n) is 7.43. The molecule has 2 aromatic heterocycles. The second-order valence-electron chi connectivity index (χ2n) is 9.58. The number of piperazine rings is 1. The van der Waals surface area contributed by atoms with Crippen molar-refractivity contribution in [2.75, 3.05) is 30.4 Å². The lowest BCUT2D eigenvalue weighted by Gasteiger charge is -2.50. The smallest absolute Gasteiger partial charge is 0.362 e. The molecule has 6 nitrogen and oxygen atoms in total. The lowest BCUT2D eigenvalue weighted by Crippen LogP contribution is -2.61. The molecule has 3 aliphatic rings. The molecule has 6 rings (SSSR count). The van der Waals surface area contributed by atoms with E-state index in [1.54, 1.807) is 6.07 Å². The van der Waals surface area contributed by atoms with E-state index in [-0.39, 0.29) is 5.56 Å². The zero-order valence-corrected chi connectivity index (χ0v) is 19.8. The summed E-state index contributed by atoms with van der Waals surface area (Å²) < 4.78 is 40.3. The Morgan fingerprint density at radius 2 is 1.82 bits per heavy atom. The van der Waals surface area contributed by atoms with Gasteiger partial charge in [-0.1, -0.05) is 12.1 Å². The Labute approximate surface area is 197 Å². The molecular formula is C25H29F3N6. The van der Waals surface area contributed by atoms with Gasteiger partial charge < -0.3 is 10.2 Å². The van der Waals surface area contributed by atoms with Gasteiger partial charge in [0.2, 0.25) is 0 Å². The van der Waals surface area contributed by atoms with Crippen LogP contribution in [0.2, 0.25) is 0 Å². The van der Waals surface area contributed by atoms with Gasteiger partial charge in [-0.25, -0.2) is 4.98 Å². The van der Waals surface area contributed by atoms with Gasteiger partial charge in [0.05, 0.1) is 17.3 Å². The van der Waals surface area contributed by atoms with Crippen molar-refractivity contribution in [3.8, 4) is 0 Å². The highest BCUT2D eigenvalue weighted by Crippen LogP contribution is 2.37. The monoisotopic (exact) mass is 470 g/mol. The van der Waals surface area contributed by atoms with Crippen LogP contribution in [0, 0.1) is 13.8 Å². The van der Waals surface area contributed by atoms with Gasteiger partial charge >= 0.3 is 6.18 Å². The number of halogens is 3. The molecule has 0 radical (unpaired) electrons. The molecule has 180 valence electrons. The number of piperidine rings is 2. The number of alkyl halides is 3. The van der Waals surface area contributed by atoms with E-state index in [2.05, 4.69) is 32.4 Å². The first-order valence-corrected chi connectivity index (χ1v) is 11.7. The normalized spacial score (nSPS) is 21.8. The fourth-order valence-corrected chi connectivity index (χ4v) is 5.46. The number of fused-ring (bicyclic) bond motifs is 4. The van der Waals surface area contributed by atoms with Crippen LogP contribution in [0.3, 0.4) is 0 Å². The summed E-state index contributed by atoms with van der Waals surface area (Å²) in [5, 5.41) is 13.7. The minimum absolute atomic E-state index is 0.218. The fraction of sp³-hybridized carbons (Fsp3) is 0.480. The molecule has 2 bridgehead atoms. The number of hydrogen-bond donors (Lipinski definition) is 1. The Bertz CT molecular complexity index is 1230. The maximum Gasteiger partial charge on any atom is 0.416 e. The largest absolute Gasteiger partial charge is 0.416 e. The van der Waals surface area contributed by atoms with Crippen LogP contribution in [-0.2, 0) is 6.18 Å². The Morgan fingerprint density at radius 1 is 1.06 bits per heavy atom. The van der Waals surface area contributed by atoms with Gasteiger partial charge in [0.1, 0.15) is 5.82 Å². The number of benzene rings is 1. The van der Waals surface area contributed by atoms with E-state index in [1.165, 1.54) is 19.4 Å². The van der Waals surface area contributed by atoms with Crippen molar-refractivity contribution in [2.24, 2.45) is 0 Å². The Hall–Kier alpha value is -2.94. The third kappa shape index (κ3) is 3.96. The number of nitrogens with one attached hydrogen (secondary N) is 1. The van der Waals surface area contributed by atoms with Crippen molar-refractivity contribution in [2.45, 2.75) is 57.9 Å². The van der Waals surface area contributed by atoms with Crippen molar-refractivity contribution in [1.82, 2.24) is 20.1 Å². The average Bonchev–Trinajstić information content (AvgIpc) is 2.80. The zero-order chi connectivity index (χ0) is 24.2. The van der Waals surface area contributed by atoms with Crippen molar-refractivity contribution < 1.29 is 13.2 Å². The summed E-state index contributed by atoms with van der Waals surface area (Å²) in [6.45, 7) is 7.21. The highest BCUT2D eigenvalue weighted by atomic mass is 19.4. The summed E-state index contributed by atoms with van der Waals surface area (Å²) in [4.78, 5) is 9.56. The lowest BCUT2D eigenvalue weighted by molar-refractivity contribution is -0.138. The van der Waals surface area contributed by atoms with Crippen LogP contribution in [0.25, 0.3) is 10.8 Å². The molecule has 0 amide bonds. The van der Waals surface area contributed by atoms with E-state index in [4.69, 9.17) is 4.98 Å². The highest BCUT2D eigenvalue weighted by molar-refractivity contribution is 5.94. The Balaban J connectivity index is 1.50. The van der Waals surface area contributed by atoms with Crippen LogP contribution in [-0.4, -0.2) is 52.3 Å². The molecule has 0 aliphatic carbocycles. The molecule has 0 saturated carbocycles. The number of aryl methyl sites for hydroxylation is 1. The van der Waals surface area contributed by atoms with Crippen molar-refractivity contribution >= 4 is 22.4 Å². The van der Waals surface area contributed by atoms with Gasteiger partial charge in [-0.2, -0.15) is 18.3 Å². The van der Waals surface area contributed by atoms with Crippen molar-refractivity contribution in [1.29, 1.82) is 0 Å². The van der Waals surface area contributed by atoms with Crippen LogP contribution < -0.4 is 10.2 Å². The number of nitrogens with zero attached hydrogens (tertiary/aromatic N) is 5. The first kappa shape index (κ1) is 22.8. The molecule has 3 atom stereocenters. The van der Waals surface area contributed by atoms with E-state index >= 15 is 0 Å². The number of aromatic nitrogens is 3. The molecule has 3 fully saturated rings. The van der Waals surface area contributed by atoms with Gasteiger partial charge in [-0.05, 0) is 63.9 Å². The van der Waals surface area contributed by atoms with Crippen LogP contribution in [0.15, 0.2) is 30.5 Å². The van der Waals surface area contributed by atoms with Gasteiger partial charge in [0.25, 0.3) is 0 Å². The van der Waals surface area contributed by atoms with Crippen molar-refractivity contribution in [3.05, 3.63) is 52.8 Å². The quantitative estimate of drug-likeness (QED) is 0.572. The van der Waals surface area contributed by atoms with Crippen LogP contribution in [0.1, 0.15) is 48.2 Å². The topological polar surface area (TPSA) is 57.2 Å². The fourth-order valence-electron chi connectivity index (χ4n) is 5.46. The number of anilines is 2. The van der Waals surface area contributed by atoms with Gasteiger partial charge in [0.15, 0.2) is 5.82 Å². The molecule has 5 heterocycles. The molecular weight excluding hydrogens is 441 g/mol. The maximum atomic E-state index is 13.4. The second kappa shape index (κ2) is 8.37. The first-order valence-electron chi connectivity index (χ1n) is 11.7. The van der Waals surface area contributed by atoms with Gasteiger partial charge in [-0.15, -0.1) is 5.10 Å². The average molecular weight is 471 g/mol. The highest BCUT2D eigenvalue weighted by Gasteiger charge is 2.38. The molecule has 3 aromatic rings.